The topological polar surface area (TPSA) is 51.0 Å². The highest BCUT2D eigenvalue weighted by atomic mass is 79.9. The van der Waals surface area contributed by atoms with Crippen molar-refractivity contribution in [1.82, 2.24) is 0 Å². The van der Waals surface area contributed by atoms with E-state index in [1.165, 1.54) is 6.21 Å². The second-order valence-electron chi connectivity index (χ2n) is 3.70. The van der Waals surface area contributed by atoms with Gasteiger partial charge in [-0.05, 0) is 41.4 Å². The van der Waals surface area contributed by atoms with Gasteiger partial charge in [0.15, 0.2) is 11.5 Å². The molecule has 0 saturated heterocycles. The quantitative estimate of drug-likeness (QED) is 0.360. The Balaban J connectivity index is 2.96. The summed E-state index contributed by atoms with van der Waals surface area (Å²) in [6.07, 6.45) is 3.44. The number of hydrogen-bond acceptors (Lipinski definition) is 4. The Labute approximate surface area is 116 Å². The molecule has 5 heteroatoms. The fourth-order valence-electron chi connectivity index (χ4n) is 1.42. The molecular weight excluding hydrogens is 298 g/mol. The lowest BCUT2D eigenvalue weighted by atomic mass is 10.2. The number of nitrogens with zero attached hydrogens (tertiary/aromatic N) is 1. The van der Waals surface area contributed by atoms with Gasteiger partial charge in [0.25, 0.3) is 0 Å². The van der Waals surface area contributed by atoms with Crippen molar-refractivity contribution >= 4 is 22.1 Å². The molecule has 18 heavy (non-hydrogen) atoms. The number of ether oxygens (including phenoxy) is 2. The number of halogens is 1. The van der Waals surface area contributed by atoms with Crippen LogP contribution in [0.25, 0.3) is 0 Å². The summed E-state index contributed by atoms with van der Waals surface area (Å²) in [5, 5.41) is 11.6. The Hall–Kier alpha value is -1.23. The average molecular weight is 316 g/mol. The number of rotatable bonds is 7. The molecule has 0 unspecified atom stereocenters. The molecule has 0 aliphatic heterocycles. The van der Waals surface area contributed by atoms with Crippen LogP contribution in [-0.2, 0) is 0 Å². The summed E-state index contributed by atoms with van der Waals surface area (Å²) in [6.45, 7) is 5.25. The zero-order valence-corrected chi connectivity index (χ0v) is 12.2. The monoisotopic (exact) mass is 315 g/mol. The minimum absolute atomic E-state index is 0.557. The highest BCUT2D eigenvalue weighted by Gasteiger charge is 2.09. The summed E-state index contributed by atoms with van der Waals surface area (Å²) in [4.78, 5) is 0. The minimum Gasteiger partial charge on any atom is -0.490 e. The second-order valence-corrected chi connectivity index (χ2v) is 4.55. The van der Waals surface area contributed by atoms with Crippen molar-refractivity contribution in [2.45, 2.75) is 26.7 Å². The maximum absolute atomic E-state index is 8.58. The first-order valence-electron chi connectivity index (χ1n) is 5.99. The van der Waals surface area contributed by atoms with Crippen LogP contribution in [0.15, 0.2) is 21.8 Å². The van der Waals surface area contributed by atoms with Crippen LogP contribution in [0.5, 0.6) is 11.5 Å². The van der Waals surface area contributed by atoms with E-state index in [1.54, 1.807) is 6.07 Å². The van der Waals surface area contributed by atoms with E-state index in [-0.39, 0.29) is 0 Å². The van der Waals surface area contributed by atoms with E-state index in [0.717, 1.165) is 22.9 Å². The fourth-order valence-corrected chi connectivity index (χ4v) is 1.84. The summed E-state index contributed by atoms with van der Waals surface area (Å²) >= 11 is 3.40. The van der Waals surface area contributed by atoms with Crippen LogP contribution in [0.3, 0.4) is 0 Å². The van der Waals surface area contributed by atoms with Crippen LogP contribution in [-0.4, -0.2) is 24.6 Å². The van der Waals surface area contributed by atoms with E-state index in [2.05, 4.69) is 28.0 Å². The molecule has 1 aromatic carbocycles. The van der Waals surface area contributed by atoms with Crippen molar-refractivity contribution in [2.75, 3.05) is 13.2 Å². The van der Waals surface area contributed by atoms with Gasteiger partial charge < -0.3 is 14.7 Å². The van der Waals surface area contributed by atoms with E-state index in [4.69, 9.17) is 14.7 Å². The first-order chi connectivity index (χ1) is 8.72. The van der Waals surface area contributed by atoms with Crippen LogP contribution in [0.4, 0.5) is 0 Å². The van der Waals surface area contributed by atoms with Crippen LogP contribution < -0.4 is 9.47 Å². The zero-order chi connectivity index (χ0) is 13.4. The molecule has 0 aliphatic rings. The predicted octanol–water partition coefficient (Wildman–Crippen LogP) is 3.83. The molecule has 0 spiro atoms. The zero-order valence-electron chi connectivity index (χ0n) is 10.6. The Bertz CT molecular complexity index is 407. The fraction of sp³-hybridized carbons (Fsp3) is 0.462. The van der Waals surface area contributed by atoms with Crippen molar-refractivity contribution in [2.24, 2.45) is 5.16 Å². The summed E-state index contributed by atoms with van der Waals surface area (Å²) < 4.78 is 12.0. The Kier molecular flexibility index (Phi) is 6.57. The lowest BCUT2D eigenvalue weighted by Gasteiger charge is -2.13. The molecule has 0 aromatic heterocycles. The molecule has 0 amide bonds. The van der Waals surface area contributed by atoms with E-state index >= 15 is 0 Å². The van der Waals surface area contributed by atoms with Gasteiger partial charge in [0, 0.05) is 10.0 Å². The van der Waals surface area contributed by atoms with Gasteiger partial charge in [-0.3, -0.25) is 0 Å². The van der Waals surface area contributed by atoms with Crippen molar-refractivity contribution in [3.63, 3.8) is 0 Å². The molecule has 0 radical (unpaired) electrons. The van der Waals surface area contributed by atoms with Gasteiger partial charge in [-0.2, -0.15) is 0 Å². The van der Waals surface area contributed by atoms with E-state index in [0.29, 0.717) is 24.7 Å². The second kappa shape index (κ2) is 7.97. The molecule has 0 bridgehead atoms. The summed E-state index contributed by atoms with van der Waals surface area (Å²) in [6, 6.07) is 3.62. The molecule has 1 aromatic rings. The third-order valence-corrected chi connectivity index (χ3v) is 3.00. The molecule has 0 aliphatic carbocycles. The van der Waals surface area contributed by atoms with Crippen molar-refractivity contribution < 1.29 is 14.7 Å². The Morgan fingerprint density at radius 2 is 2.00 bits per heavy atom. The standard InChI is InChI=1S/C13H18BrNO3/c1-3-5-6-18-13-8-11(14)10(9-15-16)7-12(13)17-4-2/h7-9,16H,3-6H2,1-2H3/b15-9-. The molecule has 0 saturated carbocycles. The van der Waals surface area contributed by atoms with Crippen LogP contribution in [0.2, 0.25) is 0 Å². The molecule has 0 heterocycles. The predicted molar refractivity (Wildman–Crippen MR) is 75.1 cm³/mol. The van der Waals surface area contributed by atoms with E-state index in [1.807, 2.05) is 13.0 Å². The third-order valence-electron chi connectivity index (χ3n) is 2.32. The van der Waals surface area contributed by atoms with Gasteiger partial charge in [0.1, 0.15) is 0 Å². The van der Waals surface area contributed by atoms with Crippen LogP contribution in [0.1, 0.15) is 32.3 Å². The summed E-state index contributed by atoms with van der Waals surface area (Å²) in [7, 11) is 0. The molecule has 0 atom stereocenters. The number of oxime groups is 1. The van der Waals surface area contributed by atoms with Crippen molar-refractivity contribution in [1.29, 1.82) is 0 Å². The van der Waals surface area contributed by atoms with Crippen LogP contribution in [0, 0.1) is 0 Å². The largest absolute Gasteiger partial charge is 0.490 e. The van der Waals surface area contributed by atoms with Gasteiger partial charge in [0.05, 0.1) is 19.4 Å². The number of hydrogen-bond donors (Lipinski definition) is 1. The smallest absolute Gasteiger partial charge is 0.162 e. The minimum atomic E-state index is 0.557. The SMILES string of the molecule is CCCCOc1cc(Br)c(/C=N\O)cc1OCC. The highest BCUT2D eigenvalue weighted by Crippen LogP contribution is 2.33. The van der Waals surface area contributed by atoms with Crippen molar-refractivity contribution in [3.8, 4) is 11.5 Å². The third kappa shape index (κ3) is 4.22. The van der Waals surface area contributed by atoms with Crippen molar-refractivity contribution in [3.05, 3.63) is 22.2 Å². The molecule has 4 nitrogen and oxygen atoms in total. The molecule has 1 N–H and O–H groups in total. The molecule has 100 valence electrons. The average Bonchev–Trinajstić information content (AvgIpc) is 2.35. The van der Waals surface area contributed by atoms with E-state index < -0.39 is 0 Å². The van der Waals surface area contributed by atoms with Gasteiger partial charge in [-0.15, -0.1) is 0 Å². The Morgan fingerprint density at radius 3 is 2.61 bits per heavy atom. The first-order valence-corrected chi connectivity index (χ1v) is 6.78. The highest BCUT2D eigenvalue weighted by molar-refractivity contribution is 9.10. The lowest BCUT2D eigenvalue weighted by Crippen LogP contribution is -2.02. The number of benzene rings is 1. The van der Waals surface area contributed by atoms with Gasteiger partial charge >= 0.3 is 0 Å². The van der Waals surface area contributed by atoms with Gasteiger partial charge in [-0.1, -0.05) is 18.5 Å². The van der Waals surface area contributed by atoms with Gasteiger partial charge in [-0.25, -0.2) is 0 Å². The maximum Gasteiger partial charge on any atom is 0.162 e. The Morgan fingerprint density at radius 1 is 1.28 bits per heavy atom. The summed E-state index contributed by atoms with van der Waals surface area (Å²) in [5.41, 5.74) is 0.740. The van der Waals surface area contributed by atoms with Gasteiger partial charge in [0.2, 0.25) is 0 Å². The molecule has 0 fully saturated rings. The summed E-state index contributed by atoms with van der Waals surface area (Å²) in [5.74, 6) is 1.36. The first kappa shape index (κ1) is 14.8. The van der Waals surface area contributed by atoms with Crippen LogP contribution >= 0.6 is 15.9 Å². The number of unbranched alkanes of at least 4 members (excludes halogenated alkanes) is 1. The molecule has 1 rings (SSSR count). The lowest BCUT2D eigenvalue weighted by molar-refractivity contribution is 0.272. The maximum atomic E-state index is 8.58. The molecular formula is C13H18BrNO3. The van der Waals surface area contributed by atoms with E-state index in [9.17, 15) is 0 Å². The normalized spacial score (nSPS) is 10.8.